The summed E-state index contributed by atoms with van der Waals surface area (Å²) in [6.07, 6.45) is 8.07. The average Bonchev–Trinajstić information content (AvgIpc) is 3.22. The van der Waals surface area contributed by atoms with Crippen LogP contribution in [0, 0.1) is 0 Å². The van der Waals surface area contributed by atoms with Crippen molar-refractivity contribution in [2.24, 2.45) is 0 Å². The fourth-order valence-electron chi connectivity index (χ4n) is 5.03. The summed E-state index contributed by atoms with van der Waals surface area (Å²) in [5, 5.41) is 3.38. The quantitative estimate of drug-likeness (QED) is 0.792. The number of benzene rings is 1. The van der Waals surface area contributed by atoms with Crippen LogP contribution in [0.1, 0.15) is 54.6 Å². The molecule has 0 aliphatic carbocycles. The van der Waals surface area contributed by atoms with E-state index in [-0.39, 0.29) is 17.5 Å². The number of carbonyl (C=O) groups is 1. The van der Waals surface area contributed by atoms with E-state index < -0.39 is 0 Å². The third-order valence-electron chi connectivity index (χ3n) is 6.14. The largest absolute Gasteiger partial charge is 0.343 e. The van der Waals surface area contributed by atoms with E-state index in [0.29, 0.717) is 11.6 Å². The summed E-state index contributed by atoms with van der Waals surface area (Å²) in [5.74, 6) is -0.0473. The van der Waals surface area contributed by atoms with Gasteiger partial charge in [0.15, 0.2) is 0 Å². The van der Waals surface area contributed by atoms with E-state index in [1.165, 1.54) is 18.4 Å². The maximum absolute atomic E-state index is 13.1. The number of nitrogens with one attached hydrogen (secondary N) is 1. The van der Waals surface area contributed by atoms with Crippen molar-refractivity contribution in [1.29, 1.82) is 0 Å². The van der Waals surface area contributed by atoms with Gasteiger partial charge in [-0.3, -0.25) is 14.7 Å². The third-order valence-corrected chi connectivity index (χ3v) is 6.77. The van der Waals surface area contributed by atoms with E-state index in [4.69, 9.17) is 0 Å². The van der Waals surface area contributed by atoms with Crippen molar-refractivity contribution in [1.82, 2.24) is 15.2 Å². The zero-order valence-electron chi connectivity index (χ0n) is 15.0. The number of likely N-dealkylation sites (N-methyl/N-ethyl adjacent to an activating group) is 1. The normalized spacial score (nSPS) is 26.0. The number of halogens is 1. The monoisotopic (exact) mass is 413 g/mol. The molecule has 1 aromatic carbocycles. The van der Waals surface area contributed by atoms with Gasteiger partial charge in [0.1, 0.15) is 0 Å². The summed E-state index contributed by atoms with van der Waals surface area (Å²) in [6.45, 7) is 3.27. The molecule has 4 rings (SSSR count). The van der Waals surface area contributed by atoms with E-state index in [1.54, 1.807) is 18.5 Å². The van der Waals surface area contributed by atoms with Crippen molar-refractivity contribution in [3.05, 3.63) is 64.4 Å². The predicted molar refractivity (Wildman–Crippen MR) is 106 cm³/mol. The topological polar surface area (TPSA) is 45.2 Å². The van der Waals surface area contributed by atoms with Gasteiger partial charge in [-0.1, -0.05) is 37.3 Å². The van der Waals surface area contributed by atoms with Crippen LogP contribution in [0.3, 0.4) is 0 Å². The summed E-state index contributed by atoms with van der Waals surface area (Å²) in [6, 6.07) is 12.9. The first kappa shape index (κ1) is 17.7. The Morgan fingerprint density at radius 1 is 1.31 bits per heavy atom. The second kappa shape index (κ2) is 7.12. The van der Waals surface area contributed by atoms with E-state index in [9.17, 15) is 4.79 Å². The molecule has 5 heteroatoms. The Bertz CT molecular complexity index is 787. The highest BCUT2D eigenvalue weighted by molar-refractivity contribution is 9.10. The predicted octanol–water partition coefficient (Wildman–Crippen LogP) is 4.33. The van der Waals surface area contributed by atoms with Gasteiger partial charge in [0, 0.05) is 28.4 Å². The molecule has 2 bridgehead atoms. The molecule has 2 saturated heterocycles. The molecule has 1 atom stereocenters. The summed E-state index contributed by atoms with van der Waals surface area (Å²) < 4.78 is 0.727. The number of hydrogen-bond donors (Lipinski definition) is 1. The van der Waals surface area contributed by atoms with Crippen molar-refractivity contribution in [2.45, 2.75) is 50.2 Å². The van der Waals surface area contributed by atoms with Gasteiger partial charge in [-0.15, -0.1) is 0 Å². The Balaban J connectivity index is 1.71. The summed E-state index contributed by atoms with van der Waals surface area (Å²) >= 11 is 3.46. The second-order valence-corrected chi connectivity index (χ2v) is 8.15. The highest BCUT2D eigenvalue weighted by Crippen LogP contribution is 2.52. The highest BCUT2D eigenvalue weighted by atomic mass is 79.9. The number of fused-ring (bicyclic) bond motifs is 2. The highest BCUT2D eigenvalue weighted by Gasteiger charge is 2.55. The molecule has 2 aliphatic rings. The molecule has 2 fully saturated rings. The lowest BCUT2D eigenvalue weighted by atomic mass is 9.78. The molecule has 0 saturated carbocycles. The molecule has 1 amide bonds. The van der Waals surface area contributed by atoms with Gasteiger partial charge < -0.3 is 5.32 Å². The van der Waals surface area contributed by atoms with Crippen LogP contribution in [0.25, 0.3) is 0 Å². The van der Waals surface area contributed by atoms with Gasteiger partial charge in [-0.2, -0.15) is 0 Å². The van der Waals surface area contributed by atoms with E-state index in [2.05, 4.69) is 62.3 Å². The van der Waals surface area contributed by atoms with Crippen LogP contribution in [0.2, 0.25) is 0 Å². The zero-order chi connectivity index (χ0) is 18.1. The number of amides is 1. The Morgan fingerprint density at radius 3 is 2.69 bits per heavy atom. The Hall–Kier alpha value is -1.72. The minimum Gasteiger partial charge on any atom is -0.343 e. The number of nitrogens with zero attached hydrogens (tertiary/aromatic N) is 2. The number of aromatic nitrogens is 1. The lowest BCUT2D eigenvalue weighted by Gasteiger charge is -2.42. The van der Waals surface area contributed by atoms with Gasteiger partial charge >= 0.3 is 0 Å². The van der Waals surface area contributed by atoms with Crippen molar-refractivity contribution in [2.75, 3.05) is 6.54 Å². The van der Waals surface area contributed by atoms with Crippen LogP contribution in [-0.2, 0) is 0 Å². The molecule has 26 heavy (non-hydrogen) atoms. The van der Waals surface area contributed by atoms with E-state index in [1.807, 2.05) is 6.07 Å². The molecule has 4 nitrogen and oxygen atoms in total. The summed E-state index contributed by atoms with van der Waals surface area (Å²) in [7, 11) is 0. The van der Waals surface area contributed by atoms with Crippen molar-refractivity contribution < 1.29 is 4.79 Å². The molecule has 1 aromatic heterocycles. The van der Waals surface area contributed by atoms with Gasteiger partial charge in [0.05, 0.1) is 11.6 Å². The number of pyridine rings is 1. The van der Waals surface area contributed by atoms with Crippen LogP contribution in [-0.4, -0.2) is 33.9 Å². The van der Waals surface area contributed by atoms with E-state index in [0.717, 1.165) is 23.9 Å². The molecule has 2 aromatic rings. The molecule has 3 heterocycles. The fraction of sp³-hybridized carbons (Fsp3) is 0.429. The molecule has 2 aliphatic heterocycles. The molecule has 136 valence electrons. The minimum atomic E-state index is -0.0473. The SMILES string of the molecule is CCN1C2CCC1(C(NC(=O)c1ccncc1Br)c1ccccc1)CC2. The van der Waals surface area contributed by atoms with Crippen molar-refractivity contribution in [3.8, 4) is 0 Å². The van der Waals surface area contributed by atoms with E-state index >= 15 is 0 Å². The lowest BCUT2D eigenvalue weighted by molar-refractivity contribution is 0.0796. The smallest absolute Gasteiger partial charge is 0.253 e. The van der Waals surface area contributed by atoms with Crippen LogP contribution >= 0.6 is 15.9 Å². The Morgan fingerprint density at radius 2 is 2.04 bits per heavy atom. The third kappa shape index (κ3) is 2.87. The van der Waals surface area contributed by atoms with Crippen LogP contribution in [0.5, 0.6) is 0 Å². The lowest BCUT2D eigenvalue weighted by Crippen LogP contribution is -2.52. The number of carbonyl (C=O) groups excluding carboxylic acids is 1. The van der Waals surface area contributed by atoms with Crippen LogP contribution in [0.15, 0.2) is 53.3 Å². The van der Waals surface area contributed by atoms with Gasteiger partial charge in [0.2, 0.25) is 0 Å². The van der Waals surface area contributed by atoms with Crippen LogP contribution < -0.4 is 5.32 Å². The van der Waals surface area contributed by atoms with Crippen molar-refractivity contribution in [3.63, 3.8) is 0 Å². The summed E-state index contributed by atoms with van der Waals surface area (Å²) in [5.41, 5.74) is 1.84. The minimum absolute atomic E-state index is 0.0104. The number of hydrogen-bond acceptors (Lipinski definition) is 3. The average molecular weight is 414 g/mol. The first-order valence-electron chi connectivity index (χ1n) is 9.38. The fourth-order valence-corrected chi connectivity index (χ4v) is 5.46. The molecule has 1 N–H and O–H groups in total. The molecule has 0 radical (unpaired) electrons. The first-order valence-corrected chi connectivity index (χ1v) is 10.2. The van der Waals surface area contributed by atoms with Crippen LogP contribution in [0.4, 0.5) is 0 Å². The van der Waals surface area contributed by atoms with Gasteiger partial charge in [-0.25, -0.2) is 0 Å². The molecular weight excluding hydrogens is 390 g/mol. The maximum atomic E-state index is 13.1. The molecule has 0 spiro atoms. The zero-order valence-corrected chi connectivity index (χ0v) is 16.6. The first-order chi connectivity index (χ1) is 12.7. The number of rotatable bonds is 5. The van der Waals surface area contributed by atoms with Crippen molar-refractivity contribution >= 4 is 21.8 Å². The molecular formula is C21H24BrN3O. The Kier molecular flexibility index (Phi) is 4.84. The summed E-state index contributed by atoms with van der Waals surface area (Å²) in [4.78, 5) is 19.8. The van der Waals surface area contributed by atoms with Gasteiger partial charge in [-0.05, 0) is 59.8 Å². The van der Waals surface area contributed by atoms with Gasteiger partial charge in [0.25, 0.3) is 5.91 Å². The second-order valence-electron chi connectivity index (χ2n) is 7.29. The maximum Gasteiger partial charge on any atom is 0.253 e. The Labute approximate surface area is 163 Å². The molecule has 1 unspecified atom stereocenters. The standard InChI is InChI=1S/C21H24BrN3O/c1-2-25-16-8-11-21(25,12-9-16)19(15-6-4-3-5-7-15)24-20(26)17-10-13-23-14-18(17)22/h3-7,10,13-14,16,19H,2,8-9,11-12H2,1H3,(H,24,26).